The Morgan fingerprint density at radius 1 is 1.38 bits per heavy atom. The Balaban J connectivity index is 2.63. The molecule has 0 fully saturated rings. The van der Waals surface area contributed by atoms with Crippen molar-refractivity contribution >= 4 is 28.8 Å². The van der Waals surface area contributed by atoms with Crippen molar-refractivity contribution < 1.29 is 9.90 Å². The quantitative estimate of drug-likeness (QED) is 0.870. The van der Waals surface area contributed by atoms with Crippen LogP contribution in [-0.2, 0) is 0 Å². The van der Waals surface area contributed by atoms with E-state index in [9.17, 15) is 9.90 Å². The van der Waals surface area contributed by atoms with Gasteiger partial charge >= 0.3 is 5.97 Å². The maximum Gasteiger partial charge on any atom is 0.337 e. The molecule has 1 N–H and O–H groups in total. The van der Waals surface area contributed by atoms with Crippen molar-refractivity contribution in [1.29, 1.82) is 0 Å². The van der Waals surface area contributed by atoms with Crippen LogP contribution in [0.2, 0.25) is 0 Å². The number of nitrogens with zero attached hydrogens (tertiary/aromatic N) is 2. The normalized spacial score (nSPS) is 13.0. The standard InChI is InChI=1S/C16H22N2O2S/c1-5-21-9-11(4)18-13-8-6-7-12(16(19)20)14(13)17-15(18)10(2)3/h6-8,10-11H,5,9H2,1-4H3,(H,19,20). The topological polar surface area (TPSA) is 55.1 Å². The summed E-state index contributed by atoms with van der Waals surface area (Å²) < 4.78 is 2.20. The first-order valence-corrected chi connectivity index (χ1v) is 8.44. The molecule has 0 saturated heterocycles. The van der Waals surface area contributed by atoms with Crippen LogP contribution in [0.25, 0.3) is 11.0 Å². The predicted molar refractivity (Wildman–Crippen MR) is 88.5 cm³/mol. The first-order valence-electron chi connectivity index (χ1n) is 7.29. The molecule has 0 aliphatic heterocycles. The number of carboxylic acids is 1. The van der Waals surface area contributed by atoms with Crippen molar-refractivity contribution in [2.75, 3.05) is 11.5 Å². The molecule has 1 atom stereocenters. The van der Waals surface area contributed by atoms with Gasteiger partial charge in [0.1, 0.15) is 11.3 Å². The van der Waals surface area contributed by atoms with Gasteiger partial charge in [-0.05, 0) is 24.8 Å². The van der Waals surface area contributed by atoms with Crippen LogP contribution in [0, 0.1) is 0 Å². The molecular weight excluding hydrogens is 284 g/mol. The van der Waals surface area contributed by atoms with Crippen molar-refractivity contribution in [3.05, 3.63) is 29.6 Å². The van der Waals surface area contributed by atoms with Gasteiger partial charge in [0.2, 0.25) is 0 Å². The lowest BCUT2D eigenvalue weighted by Crippen LogP contribution is -2.12. The molecule has 114 valence electrons. The van der Waals surface area contributed by atoms with Crippen LogP contribution in [-0.4, -0.2) is 32.1 Å². The Morgan fingerprint density at radius 2 is 2.10 bits per heavy atom. The summed E-state index contributed by atoms with van der Waals surface area (Å²) in [7, 11) is 0. The molecule has 0 aliphatic rings. The van der Waals surface area contributed by atoms with Crippen molar-refractivity contribution in [1.82, 2.24) is 9.55 Å². The van der Waals surface area contributed by atoms with Crippen LogP contribution in [0.4, 0.5) is 0 Å². The molecule has 0 spiro atoms. The number of thioether (sulfide) groups is 1. The van der Waals surface area contributed by atoms with Crippen LogP contribution < -0.4 is 0 Å². The Labute approximate surface area is 129 Å². The molecule has 2 aromatic rings. The van der Waals surface area contributed by atoms with E-state index < -0.39 is 5.97 Å². The molecule has 5 heteroatoms. The highest BCUT2D eigenvalue weighted by atomic mass is 32.2. The first-order chi connectivity index (χ1) is 9.97. The van der Waals surface area contributed by atoms with Gasteiger partial charge < -0.3 is 9.67 Å². The van der Waals surface area contributed by atoms with Gasteiger partial charge in [0.25, 0.3) is 0 Å². The van der Waals surface area contributed by atoms with E-state index in [0.29, 0.717) is 11.6 Å². The number of carbonyl (C=O) groups is 1. The van der Waals surface area contributed by atoms with E-state index in [-0.39, 0.29) is 11.5 Å². The van der Waals surface area contributed by atoms with E-state index in [0.717, 1.165) is 22.8 Å². The smallest absolute Gasteiger partial charge is 0.337 e. The maximum atomic E-state index is 11.4. The fourth-order valence-corrected chi connectivity index (χ4v) is 3.27. The summed E-state index contributed by atoms with van der Waals surface area (Å²) in [5.74, 6) is 2.38. The van der Waals surface area contributed by atoms with E-state index in [1.165, 1.54) is 0 Å². The SMILES string of the molecule is CCSCC(C)n1c(C(C)C)nc2c(C(=O)O)cccc21. The fraction of sp³-hybridized carbons (Fsp3) is 0.500. The number of fused-ring (bicyclic) bond motifs is 1. The van der Waals surface area contributed by atoms with Gasteiger partial charge in [-0.25, -0.2) is 9.78 Å². The first kappa shape index (κ1) is 15.9. The van der Waals surface area contributed by atoms with Gasteiger partial charge in [-0.1, -0.05) is 26.8 Å². The summed E-state index contributed by atoms with van der Waals surface area (Å²) >= 11 is 1.89. The number of carboxylic acid groups (broad SMARTS) is 1. The van der Waals surface area contributed by atoms with Gasteiger partial charge in [-0.2, -0.15) is 11.8 Å². The molecule has 0 aliphatic carbocycles. The average Bonchev–Trinajstić information content (AvgIpc) is 2.83. The second-order valence-electron chi connectivity index (χ2n) is 5.48. The summed E-state index contributed by atoms with van der Waals surface area (Å²) in [5.41, 5.74) is 1.80. The minimum atomic E-state index is -0.920. The Kier molecular flexibility index (Phi) is 4.93. The minimum absolute atomic E-state index is 0.258. The van der Waals surface area contributed by atoms with Crippen molar-refractivity contribution in [3.63, 3.8) is 0 Å². The van der Waals surface area contributed by atoms with Gasteiger partial charge in [0.05, 0.1) is 11.1 Å². The molecule has 0 radical (unpaired) electrons. The molecule has 0 saturated carbocycles. The van der Waals surface area contributed by atoms with Crippen molar-refractivity contribution in [2.45, 2.75) is 39.7 Å². The van der Waals surface area contributed by atoms with Gasteiger partial charge in [-0.15, -0.1) is 0 Å². The average molecular weight is 306 g/mol. The molecule has 1 heterocycles. The highest BCUT2D eigenvalue weighted by Gasteiger charge is 2.21. The Hall–Kier alpha value is -1.49. The van der Waals surface area contributed by atoms with E-state index in [1.807, 2.05) is 17.8 Å². The Morgan fingerprint density at radius 3 is 2.67 bits per heavy atom. The number of para-hydroxylation sites is 1. The van der Waals surface area contributed by atoms with Crippen LogP contribution in [0.3, 0.4) is 0 Å². The van der Waals surface area contributed by atoms with Crippen LogP contribution in [0.5, 0.6) is 0 Å². The third-order valence-corrected chi connectivity index (χ3v) is 4.62. The number of rotatable bonds is 6. The zero-order chi connectivity index (χ0) is 15.6. The number of benzene rings is 1. The number of aromatic nitrogens is 2. The number of imidazole rings is 1. The molecular formula is C16H22N2O2S. The minimum Gasteiger partial charge on any atom is -0.478 e. The number of hydrogen-bond donors (Lipinski definition) is 1. The lowest BCUT2D eigenvalue weighted by molar-refractivity contribution is 0.0699. The van der Waals surface area contributed by atoms with E-state index in [4.69, 9.17) is 0 Å². The largest absolute Gasteiger partial charge is 0.478 e. The molecule has 4 nitrogen and oxygen atoms in total. The number of aromatic carboxylic acids is 1. The molecule has 0 amide bonds. The molecule has 1 unspecified atom stereocenters. The van der Waals surface area contributed by atoms with Crippen LogP contribution >= 0.6 is 11.8 Å². The monoisotopic (exact) mass is 306 g/mol. The van der Waals surface area contributed by atoms with Gasteiger partial charge in [0.15, 0.2) is 0 Å². The Bertz CT molecular complexity index is 649. The molecule has 2 rings (SSSR count). The summed E-state index contributed by atoms with van der Waals surface area (Å²) in [6, 6.07) is 5.68. The van der Waals surface area contributed by atoms with Crippen LogP contribution in [0.1, 0.15) is 55.8 Å². The molecule has 21 heavy (non-hydrogen) atoms. The van der Waals surface area contributed by atoms with Crippen molar-refractivity contribution in [3.8, 4) is 0 Å². The van der Waals surface area contributed by atoms with Crippen LogP contribution in [0.15, 0.2) is 18.2 Å². The number of hydrogen-bond acceptors (Lipinski definition) is 3. The van der Waals surface area contributed by atoms with E-state index in [2.05, 4.69) is 37.2 Å². The second kappa shape index (κ2) is 6.52. The summed E-state index contributed by atoms with van der Waals surface area (Å²) in [5, 5.41) is 9.35. The zero-order valence-corrected chi connectivity index (χ0v) is 13.8. The predicted octanol–water partition coefficient (Wildman–Crippen LogP) is 4.17. The van der Waals surface area contributed by atoms with Crippen molar-refractivity contribution in [2.24, 2.45) is 0 Å². The summed E-state index contributed by atoms with van der Waals surface area (Å²) in [6.45, 7) is 8.51. The fourth-order valence-electron chi connectivity index (χ4n) is 2.54. The lowest BCUT2D eigenvalue weighted by atomic mass is 10.2. The van der Waals surface area contributed by atoms with Gasteiger partial charge in [-0.3, -0.25) is 0 Å². The zero-order valence-electron chi connectivity index (χ0n) is 13.0. The molecule has 1 aromatic heterocycles. The molecule has 1 aromatic carbocycles. The van der Waals surface area contributed by atoms with Gasteiger partial charge in [0, 0.05) is 17.7 Å². The highest BCUT2D eigenvalue weighted by Crippen LogP contribution is 2.29. The maximum absolute atomic E-state index is 11.4. The van der Waals surface area contributed by atoms with E-state index >= 15 is 0 Å². The molecule has 0 bridgehead atoms. The lowest BCUT2D eigenvalue weighted by Gasteiger charge is -2.18. The van der Waals surface area contributed by atoms with E-state index in [1.54, 1.807) is 12.1 Å². The summed E-state index contributed by atoms with van der Waals surface area (Å²) in [6.07, 6.45) is 0. The second-order valence-corrected chi connectivity index (χ2v) is 6.80. The third kappa shape index (κ3) is 3.07. The summed E-state index contributed by atoms with van der Waals surface area (Å²) in [4.78, 5) is 16.0. The third-order valence-electron chi connectivity index (χ3n) is 3.50. The highest BCUT2D eigenvalue weighted by molar-refractivity contribution is 7.99.